The van der Waals surface area contributed by atoms with Gasteiger partial charge in [-0.05, 0) is 19.1 Å². The van der Waals surface area contributed by atoms with E-state index in [0.717, 1.165) is 11.3 Å². The summed E-state index contributed by atoms with van der Waals surface area (Å²) >= 11 is 0. The molecule has 0 radical (unpaired) electrons. The second-order valence-corrected chi connectivity index (χ2v) is 3.18. The fraction of sp³-hybridized carbons (Fsp3) is 0.300. The van der Waals surface area contributed by atoms with Crippen LogP contribution in [0.15, 0.2) is 22.7 Å². The Morgan fingerprint density at radius 2 is 2.27 bits per heavy atom. The highest BCUT2D eigenvalue weighted by atomic mass is 16.4. The van der Waals surface area contributed by atoms with Gasteiger partial charge in [-0.15, -0.1) is 10.2 Å². The maximum atomic E-state index is 5.45. The first-order chi connectivity index (χ1) is 7.31. The van der Waals surface area contributed by atoms with Gasteiger partial charge in [0.25, 0.3) is 0 Å². The third-order valence-corrected chi connectivity index (χ3v) is 2.06. The van der Waals surface area contributed by atoms with Crippen molar-refractivity contribution in [1.29, 1.82) is 0 Å². The minimum Gasteiger partial charge on any atom is -0.421 e. The topological polar surface area (TPSA) is 77.8 Å². The monoisotopic (exact) mass is 204 g/mol. The summed E-state index contributed by atoms with van der Waals surface area (Å²) in [4.78, 5) is 4.16. The third-order valence-electron chi connectivity index (χ3n) is 2.06. The molecule has 0 aromatic carbocycles. The lowest BCUT2D eigenvalue weighted by Gasteiger charge is -1.97. The van der Waals surface area contributed by atoms with E-state index in [2.05, 4.69) is 15.2 Å². The van der Waals surface area contributed by atoms with Crippen LogP contribution < -0.4 is 5.73 Å². The van der Waals surface area contributed by atoms with Gasteiger partial charge in [-0.3, -0.25) is 4.98 Å². The number of aromatic nitrogens is 3. The van der Waals surface area contributed by atoms with E-state index in [-0.39, 0.29) is 0 Å². The second kappa shape index (κ2) is 4.18. The summed E-state index contributed by atoms with van der Waals surface area (Å²) in [6.07, 6.45) is 2.34. The van der Waals surface area contributed by atoms with Crippen LogP contribution in [0, 0.1) is 6.92 Å². The average Bonchev–Trinajstić information content (AvgIpc) is 2.68. The number of hydrogen-bond donors (Lipinski definition) is 1. The Morgan fingerprint density at radius 1 is 1.40 bits per heavy atom. The lowest BCUT2D eigenvalue weighted by atomic mass is 10.2. The van der Waals surface area contributed by atoms with Gasteiger partial charge in [-0.1, -0.05) is 0 Å². The molecule has 2 heterocycles. The van der Waals surface area contributed by atoms with Crippen molar-refractivity contribution in [1.82, 2.24) is 15.2 Å². The summed E-state index contributed by atoms with van der Waals surface area (Å²) in [5.74, 6) is 1.07. The number of rotatable bonds is 3. The SMILES string of the molecule is Cc1ncccc1-c1nnc(CCN)o1. The van der Waals surface area contributed by atoms with Crippen molar-refractivity contribution in [2.75, 3.05) is 6.54 Å². The highest BCUT2D eigenvalue weighted by Gasteiger charge is 2.10. The third kappa shape index (κ3) is 2.02. The van der Waals surface area contributed by atoms with Crippen molar-refractivity contribution >= 4 is 0 Å². The van der Waals surface area contributed by atoms with Gasteiger partial charge >= 0.3 is 0 Å². The molecule has 15 heavy (non-hydrogen) atoms. The normalized spacial score (nSPS) is 10.5. The van der Waals surface area contributed by atoms with Crippen LogP contribution in [0.25, 0.3) is 11.5 Å². The molecule has 0 aliphatic carbocycles. The van der Waals surface area contributed by atoms with Crippen molar-refractivity contribution in [3.63, 3.8) is 0 Å². The molecule has 2 aromatic heterocycles. The van der Waals surface area contributed by atoms with Crippen molar-refractivity contribution < 1.29 is 4.42 Å². The van der Waals surface area contributed by atoms with Crippen LogP contribution in [0.4, 0.5) is 0 Å². The van der Waals surface area contributed by atoms with Crippen molar-refractivity contribution in [3.8, 4) is 11.5 Å². The first kappa shape index (κ1) is 9.79. The summed E-state index contributed by atoms with van der Waals surface area (Å²) in [6.45, 7) is 2.41. The molecular formula is C10H12N4O. The predicted octanol–water partition coefficient (Wildman–Crippen LogP) is 0.941. The minimum atomic E-state index is 0.504. The molecule has 5 heteroatoms. The number of pyridine rings is 1. The zero-order chi connectivity index (χ0) is 10.7. The molecule has 0 unspecified atom stereocenters. The van der Waals surface area contributed by atoms with Gasteiger partial charge in [0, 0.05) is 24.9 Å². The van der Waals surface area contributed by atoms with Crippen LogP contribution >= 0.6 is 0 Å². The summed E-state index contributed by atoms with van der Waals surface area (Å²) in [7, 11) is 0. The fourth-order valence-electron chi connectivity index (χ4n) is 1.30. The molecule has 0 bridgehead atoms. The largest absolute Gasteiger partial charge is 0.421 e. The van der Waals surface area contributed by atoms with Crippen molar-refractivity contribution in [2.45, 2.75) is 13.3 Å². The van der Waals surface area contributed by atoms with E-state index in [4.69, 9.17) is 10.2 Å². The van der Waals surface area contributed by atoms with E-state index >= 15 is 0 Å². The molecule has 0 atom stereocenters. The summed E-state index contributed by atoms with van der Waals surface area (Å²) in [6, 6.07) is 3.75. The molecule has 0 amide bonds. The van der Waals surface area contributed by atoms with Gasteiger partial charge in [-0.2, -0.15) is 0 Å². The zero-order valence-electron chi connectivity index (χ0n) is 8.47. The zero-order valence-corrected chi connectivity index (χ0v) is 8.47. The van der Waals surface area contributed by atoms with Crippen LogP contribution in [0.2, 0.25) is 0 Å². The average molecular weight is 204 g/mol. The van der Waals surface area contributed by atoms with Gasteiger partial charge in [0.05, 0.1) is 5.56 Å². The van der Waals surface area contributed by atoms with Gasteiger partial charge in [-0.25, -0.2) is 0 Å². The van der Waals surface area contributed by atoms with Gasteiger partial charge < -0.3 is 10.2 Å². The van der Waals surface area contributed by atoms with Crippen LogP contribution in [0.5, 0.6) is 0 Å². The summed E-state index contributed by atoms with van der Waals surface area (Å²) in [5, 5.41) is 7.85. The maximum Gasteiger partial charge on any atom is 0.249 e. The highest BCUT2D eigenvalue weighted by Crippen LogP contribution is 2.19. The number of nitrogens with two attached hydrogens (primary N) is 1. The van der Waals surface area contributed by atoms with Crippen molar-refractivity contribution in [3.05, 3.63) is 29.9 Å². The Balaban J connectivity index is 2.33. The van der Waals surface area contributed by atoms with E-state index in [1.54, 1.807) is 6.20 Å². The molecule has 0 fully saturated rings. The smallest absolute Gasteiger partial charge is 0.249 e. The summed E-state index contributed by atoms with van der Waals surface area (Å²) < 4.78 is 5.45. The molecule has 2 aromatic rings. The molecule has 0 aliphatic rings. The van der Waals surface area contributed by atoms with Crippen LogP contribution in [0.1, 0.15) is 11.6 Å². The Hall–Kier alpha value is -1.75. The van der Waals surface area contributed by atoms with Gasteiger partial charge in [0.2, 0.25) is 11.8 Å². The van der Waals surface area contributed by atoms with Crippen molar-refractivity contribution in [2.24, 2.45) is 5.73 Å². The lowest BCUT2D eigenvalue weighted by molar-refractivity contribution is 0.506. The van der Waals surface area contributed by atoms with Crippen LogP contribution in [-0.4, -0.2) is 21.7 Å². The Kier molecular flexibility index (Phi) is 2.73. The van der Waals surface area contributed by atoms with E-state index in [1.807, 2.05) is 19.1 Å². The first-order valence-electron chi connectivity index (χ1n) is 4.75. The number of nitrogens with zero attached hydrogens (tertiary/aromatic N) is 3. The number of hydrogen-bond acceptors (Lipinski definition) is 5. The molecule has 0 spiro atoms. The molecule has 2 N–H and O–H groups in total. The van der Waals surface area contributed by atoms with E-state index < -0.39 is 0 Å². The van der Waals surface area contributed by atoms with Crippen LogP contribution in [-0.2, 0) is 6.42 Å². The molecule has 0 saturated heterocycles. The maximum absolute atomic E-state index is 5.45. The number of aryl methyl sites for hydroxylation is 1. The Morgan fingerprint density at radius 3 is 3.00 bits per heavy atom. The summed E-state index contributed by atoms with van der Waals surface area (Å²) in [5.41, 5.74) is 7.14. The molecule has 5 nitrogen and oxygen atoms in total. The molecule has 2 rings (SSSR count). The van der Waals surface area contributed by atoms with E-state index in [9.17, 15) is 0 Å². The Labute approximate surface area is 87.3 Å². The lowest BCUT2D eigenvalue weighted by Crippen LogP contribution is -2.02. The van der Waals surface area contributed by atoms with E-state index in [0.29, 0.717) is 24.7 Å². The molecular weight excluding hydrogens is 192 g/mol. The molecule has 78 valence electrons. The quantitative estimate of drug-likeness (QED) is 0.805. The van der Waals surface area contributed by atoms with Gasteiger partial charge in [0.1, 0.15) is 0 Å². The minimum absolute atomic E-state index is 0.504. The van der Waals surface area contributed by atoms with Gasteiger partial charge in [0.15, 0.2) is 0 Å². The fourth-order valence-corrected chi connectivity index (χ4v) is 1.30. The molecule has 0 aliphatic heterocycles. The second-order valence-electron chi connectivity index (χ2n) is 3.18. The van der Waals surface area contributed by atoms with E-state index in [1.165, 1.54) is 0 Å². The highest BCUT2D eigenvalue weighted by molar-refractivity contribution is 5.54. The first-order valence-corrected chi connectivity index (χ1v) is 4.75. The Bertz CT molecular complexity index is 452. The predicted molar refractivity (Wildman–Crippen MR) is 55.0 cm³/mol. The molecule has 0 saturated carbocycles. The van der Waals surface area contributed by atoms with Crippen LogP contribution in [0.3, 0.4) is 0 Å². The standard InChI is InChI=1S/C10H12N4O/c1-7-8(3-2-6-12-7)10-14-13-9(15-10)4-5-11/h2-3,6H,4-5,11H2,1H3.